The van der Waals surface area contributed by atoms with Crippen molar-refractivity contribution in [2.24, 2.45) is 5.92 Å². The van der Waals surface area contributed by atoms with Gasteiger partial charge in [0.25, 0.3) is 0 Å². The minimum atomic E-state index is -4.70. The van der Waals surface area contributed by atoms with Crippen molar-refractivity contribution in [3.63, 3.8) is 0 Å². The van der Waals surface area contributed by atoms with Crippen LogP contribution in [0.5, 0.6) is 5.75 Å². The summed E-state index contributed by atoms with van der Waals surface area (Å²) < 4.78 is 40.1. The summed E-state index contributed by atoms with van der Waals surface area (Å²) in [7, 11) is 0. The standard InChI is InChI=1S/C20H27F3N2O2/c1-16-10-14-25(15-11-16)13-3-2-12-24-19(26)9-6-17-4-7-18(8-5-17)27-20(21,22)23/h4-9,16H,2-3,10-15H2,1H3,(H,24,26)/b9-6+. The lowest BCUT2D eigenvalue weighted by Crippen LogP contribution is -2.34. The molecule has 1 saturated heterocycles. The molecule has 1 amide bonds. The molecule has 0 saturated carbocycles. The van der Waals surface area contributed by atoms with Crippen molar-refractivity contribution in [2.45, 2.75) is 39.0 Å². The number of hydrogen-bond donors (Lipinski definition) is 1. The summed E-state index contributed by atoms with van der Waals surface area (Å²) >= 11 is 0. The average Bonchev–Trinajstić information content (AvgIpc) is 2.61. The molecule has 7 heteroatoms. The maximum absolute atomic E-state index is 12.1. The van der Waals surface area contributed by atoms with Crippen LogP contribution in [-0.2, 0) is 4.79 Å². The van der Waals surface area contributed by atoms with Gasteiger partial charge in [-0.15, -0.1) is 13.2 Å². The lowest BCUT2D eigenvalue weighted by Gasteiger charge is -2.30. The average molecular weight is 384 g/mol. The van der Waals surface area contributed by atoms with Crippen LogP contribution < -0.4 is 10.1 Å². The van der Waals surface area contributed by atoms with Crippen LogP contribution >= 0.6 is 0 Å². The third-order valence-electron chi connectivity index (χ3n) is 4.62. The summed E-state index contributed by atoms with van der Waals surface area (Å²) in [6.07, 6.45) is 2.75. The van der Waals surface area contributed by atoms with Crippen LogP contribution in [0, 0.1) is 5.92 Å². The van der Waals surface area contributed by atoms with E-state index in [0.29, 0.717) is 12.1 Å². The SMILES string of the molecule is CC1CCN(CCCCNC(=O)/C=C/c2ccc(OC(F)(F)F)cc2)CC1. The quantitative estimate of drug-likeness (QED) is 0.539. The number of carbonyl (C=O) groups excluding carboxylic acids is 1. The molecular formula is C20H27F3N2O2. The van der Waals surface area contributed by atoms with Crippen molar-refractivity contribution in [3.05, 3.63) is 35.9 Å². The molecule has 0 spiro atoms. The molecule has 0 bridgehead atoms. The van der Waals surface area contributed by atoms with Gasteiger partial charge in [0.15, 0.2) is 0 Å². The summed E-state index contributed by atoms with van der Waals surface area (Å²) in [5, 5.41) is 2.82. The van der Waals surface area contributed by atoms with E-state index in [4.69, 9.17) is 0 Å². The summed E-state index contributed by atoms with van der Waals surface area (Å²) in [6, 6.07) is 5.35. The highest BCUT2D eigenvalue weighted by molar-refractivity contribution is 5.91. The topological polar surface area (TPSA) is 41.6 Å². The molecule has 0 radical (unpaired) electrons. The molecule has 27 heavy (non-hydrogen) atoms. The molecule has 0 atom stereocenters. The Morgan fingerprint density at radius 3 is 2.52 bits per heavy atom. The zero-order valence-corrected chi connectivity index (χ0v) is 15.6. The number of nitrogens with one attached hydrogen (secondary N) is 1. The number of alkyl halides is 3. The molecule has 0 aromatic heterocycles. The van der Waals surface area contributed by atoms with Crippen molar-refractivity contribution < 1.29 is 22.7 Å². The van der Waals surface area contributed by atoms with Crippen LogP contribution in [0.15, 0.2) is 30.3 Å². The third-order valence-corrected chi connectivity index (χ3v) is 4.62. The molecule has 1 heterocycles. The molecule has 1 aromatic carbocycles. The molecule has 1 fully saturated rings. The van der Waals surface area contributed by atoms with Crippen molar-refractivity contribution in [2.75, 3.05) is 26.2 Å². The molecule has 0 unspecified atom stereocenters. The Bertz CT molecular complexity index is 607. The van der Waals surface area contributed by atoms with Gasteiger partial charge in [-0.2, -0.15) is 0 Å². The number of likely N-dealkylation sites (tertiary alicyclic amines) is 1. The Kier molecular flexibility index (Phi) is 8.16. The summed E-state index contributed by atoms with van der Waals surface area (Å²) in [5.41, 5.74) is 0.624. The van der Waals surface area contributed by atoms with Gasteiger partial charge in [-0.05, 0) is 75.0 Å². The van der Waals surface area contributed by atoms with Gasteiger partial charge in [-0.25, -0.2) is 0 Å². The third kappa shape index (κ3) is 8.95. The first-order valence-corrected chi connectivity index (χ1v) is 9.36. The van der Waals surface area contributed by atoms with E-state index in [1.807, 2.05) is 0 Å². The van der Waals surface area contributed by atoms with Crippen LogP contribution in [0.1, 0.15) is 38.2 Å². The number of ether oxygens (including phenoxy) is 1. The van der Waals surface area contributed by atoms with Gasteiger partial charge in [0.1, 0.15) is 5.75 Å². The number of rotatable bonds is 8. The second-order valence-electron chi connectivity index (χ2n) is 6.97. The fraction of sp³-hybridized carbons (Fsp3) is 0.550. The number of hydrogen-bond acceptors (Lipinski definition) is 3. The van der Waals surface area contributed by atoms with Crippen LogP contribution in [-0.4, -0.2) is 43.3 Å². The highest BCUT2D eigenvalue weighted by Gasteiger charge is 2.30. The first-order chi connectivity index (χ1) is 12.8. The van der Waals surface area contributed by atoms with Gasteiger partial charge in [-0.1, -0.05) is 19.1 Å². The van der Waals surface area contributed by atoms with Gasteiger partial charge < -0.3 is 15.0 Å². The minimum Gasteiger partial charge on any atom is -0.406 e. The number of benzene rings is 1. The van der Waals surface area contributed by atoms with E-state index in [1.54, 1.807) is 6.08 Å². The van der Waals surface area contributed by atoms with Crippen molar-refractivity contribution >= 4 is 12.0 Å². The Labute approximate surface area is 158 Å². The smallest absolute Gasteiger partial charge is 0.406 e. The van der Waals surface area contributed by atoms with E-state index in [0.717, 1.165) is 25.3 Å². The first kappa shape index (κ1) is 21.3. The van der Waals surface area contributed by atoms with Crippen LogP contribution in [0.25, 0.3) is 6.08 Å². The molecular weight excluding hydrogens is 357 g/mol. The molecule has 0 aliphatic carbocycles. The van der Waals surface area contributed by atoms with Crippen molar-refractivity contribution in [1.82, 2.24) is 10.2 Å². The Balaban J connectivity index is 1.61. The molecule has 4 nitrogen and oxygen atoms in total. The Morgan fingerprint density at radius 1 is 1.22 bits per heavy atom. The fourth-order valence-electron chi connectivity index (χ4n) is 2.97. The maximum Gasteiger partial charge on any atom is 0.573 e. The lowest BCUT2D eigenvalue weighted by atomic mass is 9.99. The fourth-order valence-corrected chi connectivity index (χ4v) is 2.97. The monoisotopic (exact) mass is 384 g/mol. The number of carbonyl (C=O) groups is 1. The van der Waals surface area contributed by atoms with E-state index in [-0.39, 0.29) is 11.7 Å². The molecule has 1 aliphatic rings. The number of nitrogens with zero attached hydrogens (tertiary/aromatic N) is 1. The van der Waals surface area contributed by atoms with Gasteiger partial charge in [-0.3, -0.25) is 4.79 Å². The number of halogens is 3. The highest BCUT2D eigenvalue weighted by atomic mass is 19.4. The molecule has 1 aromatic rings. The lowest BCUT2D eigenvalue weighted by molar-refractivity contribution is -0.274. The van der Waals surface area contributed by atoms with E-state index in [1.165, 1.54) is 56.3 Å². The van der Waals surface area contributed by atoms with Gasteiger partial charge in [0.05, 0.1) is 0 Å². The van der Waals surface area contributed by atoms with E-state index < -0.39 is 6.36 Å². The molecule has 1 N–H and O–H groups in total. The van der Waals surface area contributed by atoms with E-state index >= 15 is 0 Å². The van der Waals surface area contributed by atoms with Crippen LogP contribution in [0.3, 0.4) is 0 Å². The van der Waals surface area contributed by atoms with Crippen molar-refractivity contribution in [1.29, 1.82) is 0 Å². The van der Waals surface area contributed by atoms with Crippen LogP contribution in [0.2, 0.25) is 0 Å². The second-order valence-corrected chi connectivity index (χ2v) is 6.97. The zero-order valence-electron chi connectivity index (χ0n) is 15.6. The molecule has 2 rings (SSSR count). The predicted octanol–water partition coefficient (Wildman–Crippen LogP) is 4.23. The Morgan fingerprint density at radius 2 is 1.89 bits per heavy atom. The largest absolute Gasteiger partial charge is 0.573 e. The van der Waals surface area contributed by atoms with E-state index in [9.17, 15) is 18.0 Å². The molecule has 150 valence electrons. The number of piperidine rings is 1. The van der Waals surface area contributed by atoms with Gasteiger partial charge in [0.2, 0.25) is 5.91 Å². The highest BCUT2D eigenvalue weighted by Crippen LogP contribution is 2.23. The summed E-state index contributed by atoms with van der Waals surface area (Å²) in [6.45, 7) is 6.33. The first-order valence-electron chi connectivity index (χ1n) is 9.36. The van der Waals surface area contributed by atoms with E-state index in [2.05, 4.69) is 21.9 Å². The van der Waals surface area contributed by atoms with Crippen LogP contribution in [0.4, 0.5) is 13.2 Å². The second kappa shape index (κ2) is 10.3. The predicted molar refractivity (Wildman–Crippen MR) is 99.2 cm³/mol. The normalized spacial score (nSPS) is 16.6. The minimum absolute atomic E-state index is 0.211. The molecule has 1 aliphatic heterocycles. The summed E-state index contributed by atoms with van der Waals surface area (Å²) in [4.78, 5) is 14.3. The zero-order chi connectivity index (χ0) is 19.7. The van der Waals surface area contributed by atoms with Gasteiger partial charge in [0, 0.05) is 12.6 Å². The number of amides is 1. The van der Waals surface area contributed by atoms with Crippen molar-refractivity contribution in [3.8, 4) is 5.75 Å². The number of unbranched alkanes of at least 4 members (excludes halogenated alkanes) is 1. The van der Waals surface area contributed by atoms with Gasteiger partial charge >= 0.3 is 6.36 Å². The Hall–Kier alpha value is -2.02. The maximum atomic E-state index is 12.1. The summed E-state index contributed by atoms with van der Waals surface area (Å²) in [5.74, 6) is 0.338.